The number of pyridine rings is 1. The Balaban J connectivity index is 2.61. The van der Waals surface area contributed by atoms with Crippen LogP contribution in [0.3, 0.4) is 0 Å². The summed E-state index contributed by atoms with van der Waals surface area (Å²) in [6.45, 7) is 0. The lowest BCUT2D eigenvalue weighted by Crippen LogP contribution is -2.04. The minimum atomic E-state index is -1.53. The number of nitrogens with zero attached hydrogens (tertiary/aromatic N) is 5. The van der Waals surface area contributed by atoms with Crippen molar-refractivity contribution in [2.45, 2.75) is 0 Å². The number of aromatic nitrogens is 4. The van der Waals surface area contributed by atoms with Gasteiger partial charge in [0.1, 0.15) is 0 Å². The van der Waals surface area contributed by atoms with Gasteiger partial charge in [0, 0.05) is 6.20 Å². The molecule has 2 heterocycles. The summed E-state index contributed by atoms with van der Waals surface area (Å²) in [6.07, 6.45) is 1.43. The summed E-state index contributed by atoms with van der Waals surface area (Å²) in [4.78, 5) is 25.2. The third kappa shape index (κ3) is 2.05. The van der Waals surface area contributed by atoms with E-state index in [0.717, 1.165) is 4.80 Å². The minimum absolute atomic E-state index is 0.160. The van der Waals surface area contributed by atoms with Crippen LogP contribution in [0.2, 0.25) is 0 Å². The summed E-state index contributed by atoms with van der Waals surface area (Å²) in [6, 6.07) is 3.25. The van der Waals surface area contributed by atoms with Crippen LogP contribution in [0, 0.1) is 10.1 Å². The Labute approximate surface area is 107 Å². The summed E-state index contributed by atoms with van der Waals surface area (Å²) in [7, 11) is 0. The SMILES string of the molecule is O=C(O)c1nn(-c2ncccc2Br)nc1[N+](=O)[O-]. The van der Waals surface area contributed by atoms with E-state index in [0.29, 0.717) is 4.47 Å². The Bertz CT molecular complexity index is 609. The van der Waals surface area contributed by atoms with Gasteiger partial charge in [-0.15, -0.1) is 5.10 Å². The average Bonchev–Trinajstić information content (AvgIpc) is 2.74. The number of rotatable bonds is 3. The van der Waals surface area contributed by atoms with E-state index in [-0.39, 0.29) is 5.82 Å². The second-order valence-electron chi connectivity index (χ2n) is 3.03. The maximum absolute atomic E-state index is 10.8. The van der Waals surface area contributed by atoms with E-state index in [9.17, 15) is 14.9 Å². The van der Waals surface area contributed by atoms with Crippen molar-refractivity contribution in [2.24, 2.45) is 0 Å². The minimum Gasteiger partial charge on any atom is -0.476 e. The fraction of sp³-hybridized carbons (Fsp3) is 0. The van der Waals surface area contributed by atoms with E-state index in [1.54, 1.807) is 12.1 Å². The number of aromatic carboxylic acids is 1. The molecule has 1 N–H and O–H groups in total. The molecule has 0 aliphatic heterocycles. The van der Waals surface area contributed by atoms with Crippen LogP contribution in [0.5, 0.6) is 0 Å². The van der Waals surface area contributed by atoms with Crippen LogP contribution in [0.25, 0.3) is 5.82 Å². The van der Waals surface area contributed by atoms with Crippen LogP contribution >= 0.6 is 15.9 Å². The van der Waals surface area contributed by atoms with E-state index in [4.69, 9.17) is 5.11 Å². The second kappa shape index (κ2) is 4.49. The summed E-state index contributed by atoms with van der Waals surface area (Å²) in [5.74, 6) is -2.20. The monoisotopic (exact) mass is 313 g/mol. The molecule has 0 fully saturated rings. The Morgan fingerprint density at radius 1 is 1.50 bits per heavy atom. The average molecular weight is 314 g/mol. The highest BCUT2D eigenvalue weighted by Gasteiger charge is 2.29. The summed E-state index contributed by atoms with van der Waals surface area (Å²) >= 11 is 3.16. The molecule has 2 aromatic heterocycles. The molecule has 2 rings (SSSR count). The molecule has 92 valence electrons. The van der Waals surface area contributed by atoms with Crippen LogP contribution < -0.4 is 0 Å². The second-order valence-corrected chi connectivity index (χ2v) is 3.89. The van der Waals surface area contributed by atoms with Gasteiger partial charge in [-0.05, 0) is 37.8 Å². The molecule has 0 atom stereocenters. The van der Waals surface area contributed by atoms with Gasteiger partial charge in [0.25, 0.3) is 5.69 Å². The Morgan fingerprint density at radius 3 is 2.72 bits per heavy atom. The van der Waals surface area contributed by atoms with Crippen molar-refractivity contribution in [1.82, 2.24) is 20.0 Å². The fourth-order valence-corrected chi connectivity index (χ4v) is 1.59. The number of halogens is 1. The van der Waals surface area contributed by atoms with E-state index < -0.39 is 22.4 Å². The summed E-state index contributed by atoms with van der Waals surface area (Å²) in [5.41, 5.74) is -0.738. The zero-order chi connectivity index (χ0) is 13.3. The van der Waals surface area contributed by atoms with Crippen molar-refractivity contribution in [3.05, 3.63) is 38.6 Å². The molecule has 2 aromatic rings. The molecular weight excluding hydrogens is 310 g/mol. The molecule has 0 amide bonds. The summed E-state index contributed by atoms with van der Waals surface area (Å²) < 4.78 is 0.479. The van der Waals surface area contributed by atoms with E-state index in [2.05, 4.69) is 31.1 Å². The van der Waals surface area contributed by atoms with Gasteiger partial charge in [-0.2, -0.15) is 0 Å². The maximum atomic E-state index is 10.8. The largest absolute Gasteiger partial charge is 0.476 e. The predicted octanol–water partition coefficient (Wildman–Crippen LogP) is 1.03. The van der Waals surface area contributed by atoms with Gasteiger partial charge >= 0.3 is 11.8 Å². The van der Waals surface area contributed by atoms with Crippen molar-refractivity contribution in [1.29, 1.82) is 0 Å². The smallest absolute Gasteiger partial charge is 0.425 e. The van der Waals surface area contributed by atoms with E-state index in [1.165, 1.54) is 6.20 Å². The zero-order valence-electron chi connectivity index (χ0n) is 8.52. The molecule has 18 heavy (non-hydrogen) atoms. The van der Waals surface area contributed by atoms with E-state index in [1.807, 2.05) is 0 Å². The standard InChI is InChI=1S/C8H4BrN5O4/c9-4-2-1-3-10-6(4)13-11-5(8(15)16)7(12-13)14(17)18/h1-3H,(H,15,16). The first-order chi connectivity index (χ1) is 8.50. The predicted molar refractivity (Wildman–Crippen MR) is 60.5 cm³/mol. The zero-order valence-corrected chi connectivity index (χ0v) is 10.1. The number of hydrogen-bond donors (Lipinski definition) is 1. The molecule has 0 saturated heterocycles. The van der Waals surface area contributed by atoms with Crippen LogP contribution in [0.15, 0.2) is 22.8 Å². The van der Waals surface area contributed by atoms with Crippen molar-refractivity contribution in [2.75, 3.05) is 0 Å². The molecule has 0 spiro atoms. The van der Waals surface area contributed by atoms with Crippen molar-refractivity contribution in [3.8, 4) is 5.82 Å². The van der Waals surface area contributed by atoms with Gasteiger partial charge in [0.2, 0.25) is 5.82 Å². The third-order valence-corrected chi connectivity index (χ3v) is 2.52. The van der Waals surface area contributed by atoms with Crippen LogP contribution in [-0.2, 0) is 0 Å². The van der Waals surface area contributed by atoms with Crippen molar-refractivity contribution in [3.63, 3.8) is 0 Å². The maximum Gasteiger partial charge on any atom is 0.425 e. The molecule has 0 unspecified atom stereocenters. The van der Waals surface area contributed by atoms with Crippen LogP contribution in [0.4, 0.5) is 5.82 Å². The number of nitro groups is 1. The molecule has 0 aliphatic carbocycles. The van der Waals surface area contributed by atoms with Crippen molar-refractivity contribution >= 4 is 27.7 Å². The Kier molecular flexibility index (Phi) is 3.02. The Hall–Kier alpha value is -2.36. The summed E-state index contributed by atoms with van der Waals surface area (Å²) in [5, 5.41) is 26.5. The number of carboxylic acid groups (broad SMARTS) is 1. The highest BCUT2D eigenvalue weighted by molar-refractivity contribution is 9.10. The van der Waals surface area contributed by atoms with Gasteiger partial charge in [0.15, 0.2) is 0 Å². The van der Waals surface area contributed by atoms with Crippen LogP contribution in [-0.4, -0.2) is 36.0 Å². The number of carbonyl (C=O) groups is 1. The lowest BCUT2D eigenvalue weighted by molar-refractivity contribution is -0.390. The molecule has 0 aliphatic rings. The first-order valence-electron chi connectivity index (χ1n) is 4.46. The first-order valence-corrected chi connectivity index (χ1v) is 5.26. The molecule has 0 bridgehead atoms. The lowest BCUT2D eigenvalue weighted by atomic mass is 10.4. The van der Waals surface area contributed by atoms with Crippen molar-refractivity contribution < 1.29 is 14.8 Å². The highest BCUT2D eigenvalue weighted by atomic mass is 79.9. The lowest BCUT2D eigenvalue weighted by Gasteiger charge is -1.95. The molecule has 10 heteroatoms. The van der Waals surface area contributed by atoms with Gasteiger partial charge < -0.3 is 15.2 Å². The van der Waals surface area contributed by atoms with Gasteiger partial charge in [-0.1, -0.05) is 0 Å². The number of hydrogen-bond acceptors (Lipinski definition) is 6. The highest BCUT2D eigenvalue weighted by Crippen LogP contribution is 2.19. The van der Waals surface area contributed by atoms with Gasteiger partial charge in [-0.3, -0.25) is 0 Å². The van der Waals surface area contributed by atoms with E-state index >= 15 is 0 Å². The molecule has 0 aromatic carbocycles. The van der Waals surface area contributed by atoms with Gasteiger partial charge in [-0.25, -0.2) is 9.78 Å². The molecule has 0 saturated carbocycles. The fourth-order valence-electron chi connectivity index (χ4n) is 1.18. The van der Waals surface area contributed by atoms with Crippen LogP contribution in [0.1, 0.15) is 10.5 Å². The molecular formula is C8H4BrN5O4. The third-order valence-electron chi connectivity index (χ3n) is 1.90. The quantitative estimate of drug-likeness (QED) is 0.662. The van der Waals surface area contributed by atoms with Gasteiger partial charge in [0.05, 0.1) is 9.57 Å². The number of carboxylic acids is 1. The molecule has 0 radical (unpaired) electrons. The first kappa shape index (κ1) is 12.1. The Morgan fingerprint density at radius 2 is 2.22 bits per heavy atom. The molecule has 9 nitrogen and oxygen atoms in total. The topological polar surface area (TPSA) is 124 Å². The normalized spacial score (nSPS) is 10.3.